The van der Waals surface area contributed by atoms with Crippen LogP contribution in [0.2, 0.25) is 0 Å². The fraction of sp³-hybridized carbons (Fsp3) is 0.522. The first-order chi connectivity index (χ1) is 16.6. The van der Waals surface area contributed by atoms with Crippen LogP contribution in [-0.2, 0) is 22.4 Å². The van der Waals surface area contributed by atoms with Crippen LogP contribution in [0.15, 0.2) is 24.4 Å². The van der Waals surface area contributed by atoms with Crippen molar-refractivity contribution in [3.63, 3.8) is 0 Å². The molecule has 0 radical (unpaired) electrons. The number of rotatable bonds is 8. The number of carboxylic acids is 1. The monoisotopic (exact) mass is 495 g/mol. The lowest BCUT2D eigenvalue weighted by Crippen LogP contribution is -2.43. The van der Waals surface area contributed by atoms with Gasteiger partial charge in [-0.15, -0.1) is 0 Å². The maximum Gasteiger partial charge on any atom is 0.406 e. The topological polar surface area (TPSA) is 109 Å². The molecule has 3 N–H and O–H groups in total. The Balaban J connectivity index is 1.54. The number of anilines is 1. The quantitative estimate of drug-likeness (QED) is 0.517. The minimum atomic E-state index is -4.61. The number of aromatic nitrogens is 2. The van der Waals surface area contributed by atoms with Crippen molar-refractivity contribution in [2.24, 2.45) is 5.92 Å². The van der Waals surface area contributed by atoms with Crippen LogP contribution in [0.3, 0.4) is 0 Å². The summed E-state index contributed by atoms with van der Waals surface area (Å²) in [6, 6.07) is 4.26. The smallest absolute Gasteiger partial charge is 0.406 e. The van der Waals surface area contributed by atoms with Gasteiger partial charge in [0.1, 0.15) is 12.3 Å². The lowest BCUT2D eigenvalue weighted by atomic mass is 9.92. The van der Waals surface area contributed by atoms with Gasteiger partial charge in [0.05, 0.1) is 36.9 Å². The van der Waals surface area contributed by atoms with E-state index >= 15 is 0 Å². The molecule has 35 heavy (non-hydrogen) atoms. The number of hydrogen-bond donors (Lipinski definition) is 3. The number of carboxylic acid groups (broad SMARTS) is 1. The molecule has 0 aliphatic carbocycles. The van der Waals surface area contributed by atoms with Gasteiger partial charge in [-0.2, -0.15) is 13.2 Å². The van der Waals surface area contributed by atoms with Gasteiger partial charge >= 0.3 is 12.1 Å². The Hall–Kier alpha value is -3.44. The van der Waals surface area contributed by atoms with E-state index in [0.717, 1.165) is 29.6 Å². The molecule has 1 amide bonds. The Morgan fingerprint density at radius 3 is 2.80 bits per heavy atom. The van der Waals surface area contributed by atoms with Crippen LogP contribution in [0.5, 0.6) is 5.75 Å². The molecule has 190 valence electrons. The molecule has 0 spiro atoms. The van der Waals surface area contributed by atoms with Crippen LogP contribution in [0, 0.1) is 5.92 Å². The van der Waals surface area contributed by atoms with Crippen molar-refractivity contribution in [1.29, 1.82) is 0 Å². The molecule has 12 heteroatoms. The number of ether oxygens (including phenoxy) is 1. The number of hydrogen-bond acceptors (Lipinski definition) is 6. The number of carbonyl (C=O) groups is 2. The Bertz CT molecular complexity index is 1060. The highest BCUT2D eigenvalue weighted by molar-refractivity contribution is 5.84. The molecule has 3 heterocycles. The number of nitrogens with zero attached hydrogens (tertiary/aromatic N) is 3. The predicted molar refractivity (Wildman–Crippen MR) is 121 cm³/mol. The number of amides is 1. The fourth-order valence-corrected chi connectivity index (χ4v) is 4.68. The molecule has 1 aromatic heterocycles. The largest absolute Gasteiger partial charge is 0.493 e. The molecule has 9 nitrogen and oxygen atoms in total. The lowest BCUT2D eigenvalue weighted by molar-refractivity contribution is -0.169. The molecule has 0 saturated heterocycles. The third kappa shape index (κ3) is 5.80. The maximum absolute atomic E-state index is 13.4. The van der Waals surface area contributed by atoms with Crippen LogP contribution in [0.4, 0.5) is 19.1 Å². The highest BCUT2D eigenvalue weighted by atomic mass is 19.4. The summed E-state index contributed by atoms with van der Waals surface area (Å²) in [7, 11) is 0. The van der Waals surface area contributed by atoms with Gasteiger partial charge < -0.3 is 25.5 Å². The molecule has 2 aromatic rings. The van der Waals surface area contributed by atoms with Gasteiger partial charge in [0.25, 0.3) is 0 Å². The average Bonchev–Trinajstić information content (AvgIpc) is 3.17. The average molecular weight is 496 g/mol. The van der Waals surface area contributed by atoms with Crippen LogP contribution in [0.25, 0.3) is 0 Å². The zero-order valence-corrected chi connectivity index (χ0v) is 19.3. The van der Waals surface area contributed by atoms with Gasteiger partial charge in [-0.1, -0.05) is 13.0 Å². The van der Waals surface area contributed by atoms with Crippen LogP contribution >= 0.6 is 0 Å². The maximum atomic E-state index is 13.4. The van der Waals surface area contributed by atoms with Gasteiger partial charge in [-0.3, -0.25) is 9.59 Å². The van der Waals surface area contributed by atoms with Crippen molar-refractivity contribution >= 4 is 17.8 Å². The third-order valence-electron chi connectivity index (χ3n) is 6.18. The molecule has 0 saturated carbocycles. The minimum Gasteiger partial charge on any atom is -0.493 e. The predicted octanol–water partition coefficient (Wildman–Crippen LogP) is 2.96. The number of benzene rings is 1. The summed E-state index contributed by atoms with van der Waals surface area (Å²) in [5.41, 5.74) is 5.22. The number of carbonyl (C=O) groups excluding carboxylic acids is 1. The molecule has 0 bridgehead atoms. The summed E-state index contributed by atoms with van der Waals surface area (Å²) < 4.78 is 47.8. The van der Waals surface area contributed by atoms with E-state index < -0.39 is 43.0 Å². The van der Waals surface area contributed by atoms with Gasteiger partial charge in [0.15, 0.2) is 0 Å². The van der Waals surface area contributed by atoms with Gasteiger partial charge in [-0.05, 0) is 36.1 Å². The van der Waals surface area contributed by atoms with Crippen molar-refractivity contribution in [3.8, 4) is 5.75 Å². The van der Waals surface area contributed by atoms with E-state index in [-0.39, 0.29) is 12.8 Å². The first kappa shape index (κ1) is 24.7. The number of alkyl halides is 3. The van der Waals surface area contributed by atoms with E-state index in [9.17, 15) is 27.9 Å². The summed E-state index contributed by atoms with van der Waals surface area (Å²) in [6.45, 7) is 2.14. The lowest BCUT2D eigenvalue weighted by Gasteiger charge is -2.32. The van der Waals surface area contributed by atoms with E-state index in [1.807, 2.05) is 10.9 Å². The number of nitrogens with one attached hydrogen (secondary N) is 2. The summed E-state index contributed by atoms with van der Waals surface area (Å²) in [4.78, 5) is 29.6. The number of aliphatic carboxylic acids is 1. The second-order valence-electron chi connectivity index (χ2n) is 8.72. The molecule has 0 fully saturated rings. The molecule has 1 unspecified atom stereocenters. The van der Waals surface area contributed by atoms with E-state index in [1.165, 1.54) is 0 Å². The summed E-state index contributed by atoms with van der Waals surface area (Å²) in [6.07, 6.45) is -2.43. The second-order valence-corrected chi connectivity index (χ2v) is 8.72. The van der Waals surface area contributed by atoms with Crippen molar-refractivity contribution in [3.05, 3.63) is 41.2 Å². The Kier molecular flexibility index (Phi) is 7.08. The highest BCUT2D eigenvalue weighted by Gasteiger charge is 2.42. The molecular weight excluding hydrogens is 467 g/mol. The summed E-state index contributed by atoms with van der Waals surface area (Å²) in [5.74, 6) is -1.88. The van der Waals surface area contributed by atoms with Gasteiger partial charge in [0, 0.05) is 19.5 Å². The first-order valence-corrected chi connectivity index (χ1v) is 11.5. The van der Waals surface area contributed by atoms with Crippen LogP contribution in [0.1, 0.15) is 42.6 Å². The normalized spacial score (nSPS) is 19.8. The zero-order chi connectivity index (χ0) is 25.2. The molecular formula is C23H28F3N5O4. The van der Waals surface area contributed by atoms with Gasteiger partial charge in [0.2, 0.25) is 11.9 Å². The van der Waals surface area contributed by atoms with Crippen LogP contribution in [-0.4, -0.2) is 64.0 Å². The molecule has 2 atom stereocenters. The SMILES string of the molecule is CCC1c2cc(OCCc3cn4c(n3)NCCN4)ccc2C[C@@H](CC(=O)O)C(=O)N1CC(F)(F)F. The van der Waals surface area contributed by atoms with Crippen molar-refractivity contribution in [1.82, 2.24) is 14.6 Å². The zero-order valence-electron chi connectivity index (χ0n) is 19.3. The molecule has 2 aliphatic heterocycles. The molecule has 2 aliphatic rings. The van der Waals surface area contributed by atoms with E-state index in [1.54, 1.807) is 25.1 Å². The van der Waals surface area contributed by atoms with Crippen molar-refractivity contribution in [2.75, 3.05) is 37.0 Å². The summed E-state index contributed by atoms with van der Waals surface area (Å²) >= 11 is 0. The Labute approximate surface area is 200 Å². The standard InChI is InChI=1S/C23H28F3N5O4/c1-2-19-18-11-17(35-8-5-16-12-31-22(29-16)27-6-7-28-31)4-3-14(18)9-15(10-20(32)33)21(34)30(19)13-23(24,25)26/h3-4,11-12,15,19,28H,2,5-10,13H2,1H3,(H,27,29)(H,32,33)/t15-,19?/m0/s1. The summed E-state index contributed by atoms with van der Waals surface area (Å²) in [5, 5.41) is 12.4. The minimum absolute atomic E-state index is 0.0613. The Morgan fingerprint density at radius 1 is 1.31 bits per heavy atom. The number of fused-ring (bicyclic) bond motifs is 2. The second kappa shape index (κ2) is 10.0. The number of imidazole rings is 1. The molecule has 1 aromatic carbocycles. The van der Waals surface area contributed by atoms with E-state index in [0.29, 0.717) is 29.9 Å². The Morgan fingerprint density at radius 2 is 2.11 bits per heavy atom. The van der Waals surface area contributed by atoms with E-state index in [4.69, 9.17) is 4.74 Å². The fourth-order valence-electron chi connectivity index (χ4n) is 4.68. The van der Waals surface area contributed by atoms with E-state index in [2.05, 4.69) is 15.7 Å². The number of halogens is 3. The third-order valence-corrected chi connectivity index (χ3v) is 6.18. The first-order valence-electron chi connectivity index (χ1n) is 11.5. The highest BCUT2D eigenvalue weighted by Crippen LogP contribution is 2.38. The van der Waals surface area contributed by atoms with Gasteiger partial charge in [-0.25, -0.2) is 9.66 Å². The molecule has 4 rings (SSSR count). The van der Waals surface area contributed by atoms with Crippen molar-refractivity contribution < 1.29 is 32.6 Å². The van der Waals surface area contributed by atoms with Crippen molar-refractivity contribution in [2.45, 2.75) is 44.8 Å². The van der Waals surface area contributed by atoms with Crippen LogP contribution < -0.4 is 15.5 Å².